The molecule has 1 spiro atoms. The maximum absolute atomic E-state index is 14.4. The van der Waals surface area contributed by atoms with Gasteiger partial charge < -0.3 is 25.6 Å². The van der Waals surface area contributed by atoms with E-state index in [2.05, 4.69) is 51.9 Å². The molecule has 1 saturated heterocycles. The average molecular weight is 785 g/mol. The second kappa shape index (κ2) is 14.6. The minimum Gasteiger partial charge on any atom is -0.373 e. The van der Waals surface area contributed by atoms with Gasteiger partial charge in [0, 0.05) is 60.8 Å². The minimum absolute atomic E-state index is 0.138. The Morgan fingerprint density at radius 3 is 2.58 bits per heavy atom. The summed E-state index contributed by atoms with van der Waals surface area (Å²) in [7, 11) is 0. The number of hydrogen-bond acceptors (Lipinski definition) is 10. The Morgan fingerprint density at radius 2 is 1.83 bits per heavy atom. The van der Waals surface area contributed by atoms with Crippen molar-refractivity contribution in [3.63, 3.8) is 0 Å². The van der Waals surface area contributed by atoms with Gasteiger partial charge in [0.1, 0.15) is 40.6 Å². The van der Waals surface area contributed by atoms with Crippen LogP contribution in [0.4, 0.5) is 5.82 Å². The SMILES string of the molecule is CC(=O)N[C@H]1CC=CCOCc2ccc(Br)nc2NC(=O)[C@@H]2C[C@@]3(CNC1=O)C[C@H]3N2C(=O)Cn1nc(C(C)=O)c2cc(-c3cnc(C)nc3)ccc21. The molecule has 16 heteroatoms. The normalized spacial score (nSPS) is 23.0. The molecule has 2 aliphatic heterocycles. The number of nitrogens with one attached hydrogen (secondary N) is 3. The summed E-state index contributed by atoms with van der Waals surface area (Å²) in [5.74, 6) is -0.817. The zero-order valence-electron chi connectivity index (χ0n) is 29.4. The Labute approximate surface area is 313 Å². The number of aryl methyl sites for hydroxylation is 1. The summed E-state index contributed by atoms with van der Waals surface area (Å²) >= 11 is 3.39. The summed E-state index contributed by atoms with van der Waals surface area (Å²) in [6, 6.07) is 7.00. The lowest BCUT2D eigenvalue weighted by molar-refractivity contribution is -0.138. The number of aromatic nitrogens is 5. The van der Waals surface area contributed by atoms with E-state index >= 15 is 0 Å². The molecule has 0 unspecified atom stereocenters. The van der Waals surface area contributed by atoms with Crippen molar-refractivity contribution >= 4 is 62.1 Å². The van der Waals surface area contributed by atoms with E-state index in [4.69, 9.17) is 4.74 Å². The highest BCUT2D eigenvalue weighted by atomic mass is 79.9. The second-order valence-electron chi connectivity index (χ2n) is 13.7. The first-order valence-electron chi connectivity index (χ1n) is 17.3. The van der Waals surface area contributed by atoms with Crippen LogP contribution >= 0.6 is 15.9 Å². The van der Waals surface area contributed by atoms with Crippen molar-refractivity contribution in [1.82, 2.24) is 40.3 Å². The van der Waals surface area contributed by atoms with Gasteiger partial charge in [-0.25, -0.2) is 15.0 Å². The Kier molecular flexibility index (Phi) is 9.91. The number of carbonyl (C=O) groups excluding carboxylic acids is 5. The Balaban J connectivity index is 1.20. The summed E-state index contributed by atoms with van der Waals surface area (Å²) in [4.78, 5) is 81.2. The monoisotopic (exact) mass is 783 g/mol. The van der Waals surface area contributed by atoms with E-state index < -0.39 is 23.4 Å². The quantitative estimate of drug-likeness (QED) is 0.154. The Bertz CT molecular complexity index is 2170. The zero-order chi connectivity index (χ0) is 37.4. The number of benzene rings is 1. The third-order valence-electron chi connectivity index (χ3n) is 10.00. The first kappa shape index (κ1) is 36.0. The van der Waals surface area contributed by atoms with Crippen LogP contribution in [0.15, 0.2) is 59.5 Å². The first-order valence-corrected chi connectivity index (χ1v) is 18.1. The molecular formula is C37H38BrN9O6. The predicted octanol–water partition coefficient (Wildman–Crippen LogP) is 3.26. The number of Topliss-reactive ketones (excluding diaryl/α,β-unsaturated/α-hetero) is 1. The molecule has 4 atom stereocenters. The molecule has 4 amide bonds. The Morgan fingerprint density at radius 1 is 1.04 bits per heavy atom. The van der Waals surface area contributed by atoms with E-state index in [9.17, 15) is 24.0 Å². The number of anilines is 1. The fourth-order valence-corrected chi connectivity index (χ4v) is 7.56. The summed E-state index contributed by atoms with van der Waals surface area (Å²) in [6.07, 6.45) is 8.08. The number of fused-ring (bicyclic) bond motifs is 3. The molecule has 3 aliphatic rings. The summed E-state index contributed by atoms with van der Waals surface area (Å²) in [5, 5.41) is 13.8. The van der Waals surface area contributed by atoms with Gasteiger partial charge in [0.05, 0.1) is 18.7 Å². The van der Waals surface area contributed by atoms with Crippen LogP contribution in [0.2, 0.25) is 0 Å². The molecule has 15 nitrogen and oxygen atoms in total. The molecule has 3 N–H and O–H groups in total. The first-order chi connectivity index (χ1) is 25.4. The van der Waals surface area contributed by atoms with Crippen molar-refractivity contribution in [3.05, 3.63) is 76.6 Å². The molecule has 0 radical (unpaired) electrons. The highest BCUT2D eigenvalue weighted by Gasteiger charge is 2.67. The van der Waals surface area contributed by atoms with Crippen LogP contribution in [0.3, 0.4) is 0 Å². The molecule has 1 saturated carbocycles. The fourth-order valence-electron chi connectivity index (χ4n) is 7.25. The lowest BCUT2D eigenvalue weighted by atomic mass is 9.98. The third kappa shape index (κ3) is 7.46. The number of piperidine rings is 1. The zero-order valence-corrected chi connectivity index (χ0v) is 31.0. The number of halogens is 1. The second-order valence-corrected chi connectivity index (χ2v) is 14.6. The molecule has 1 aromatic carbocycles. The molecule has 7 rings (SSSR count). The number of nitrogens with zero attached hydrogens (tertiary/aromatic N) is 6. The van der Waals surface area contributed by atoms with Gasteiger partial charge >= 0.3 is 0 Å². The number of pyridine rings is 1. The van der Waals surface area contributed by atoms with E-state index in [1.165, 1.54) is 18.5 Å². The molecule has 3 aromatic heterocycles. The van der Waals surface area contributed by atoms with Crippen molar-refractivity contribution in [2.45, 2.75) is 71.3 Å². The third-order valence-corrected chi connectivity index (χ3v) is 10.4. The van der Waals surface area contributed by atoms with E-state index in [0.29, 0.717) is 45.6 Å². The molecule has 5 heterocycles. The van der Waals surface area contributed by atoms with Crippen LogP contribution in [0.25, 0.3) is 22.0 Å². The van der Waals surface area contributed by atoms with Crippen molar-refractivity contribution in [2.24, 2.45) is 5.41 Å². The van der Waals surface area contributed by atoms with Crippen molar-refractivity contribution in [3.8, 4) is 11.1 Å². The van der Waals surface area contributed by atoms with Crippen LogP contribution in [0.1, 0.15) is 55.0 Å². The number of carbonyl (C=O) groups is 5. The van der Waals surface area contributed by atoms with Gasteiger partial charge in [0.15, 0.2) is 5.78 Å². The standard InChI is InChI=1S/C37H38BrN9O6/c1-20(48)33-26-12-23(25-15-39-21(2)40-16-25)7-9-28(26)46(45-33)17-32(50)47-29-13-37(14-30(37)47)19-41-35(51)27(42-22(3)49)6-4-5-11-53-18-24-8-10-31(38)43-34(24)44-36(29)52/h4-5,7-10,12,15-16,27,29-30H,6,11,13-14,17-19H2,1-3H3,(H,41,51)(H,42,49)(H,43,44,52)/t27-,29-,30+,37-/m0/s1. The minimum atomic E-state index is -0.890. The van der Waals surface area contributed by atoms with Gasteiger partial charge in [-0.1, -0.05) is 24.3 Å². The van der Waals surface area contributed by atoms with Gasteiger partial charge in [-0.3, -0.25) is 28.7 Å². The number of likely N-dealkylation sites (tertiary alicyclic amines) is 1. The Hall–Kier alpha value is -5.35. The summed E-state index contributed by atoms with van der Waals surface area (Å²) in [5.41, 5.74) is 2.44. The van der Waals surface area contributed by atoms with E-state index in [1.807, 2.05) is 12.1 Å². The topological polar surface area (TPSA) is 190 Å². The molecule has 1 aliphatic carbocycles. The van der Waals surface area contributed by atoms with Gasteiger partial charge in [0.25, 0.3) is 0 Å². The number of ketones is 1. The van der Waals surface area contributed by atoms with Crippen molar-refractivity contribution in [2.75, 3.05) is 18.5 Å². The van der Waals surface area contributed by atoms with Gasteiger partial charge in [-0.2, -0.15) is 5.10 Å². The lowest BCUT2D eigenvalue weighted by Gasteiger charge is -2.27. The number of ether oxygens (including phenoxy) is 1. The summed E-state index contributed by atoms with van der Waals surface area (Å²) in [6.45, 7) is 4.91. The predicted molar refractivity (Wildman–Crippen MR) is 196 cm³/mol. The molecular weight excluding hydrogens is 746 g/mol. The number of rotatable bonds is 5. The molecule has 53 heavy (non-hydrogen) atoms. The summed E-state index contributed by atoms with van der Waals surface area (Å²) < 4.78 is 7.83. The van der Waals surface area contributed by atoms with Crippen LogP contribution in [0, 0.1) is 12.3 Å². The molecule has 274 valence electrons. The maximum atomic E-state index is 14.4. The van der Waals surface area contributed by atoms with E-state index in [0.717, 1.165) is 11.1 Å². The van der Waals surface area contributed by atoms with Crippen LogP contribution in [0.5, 0.6) is 0 Å². The van der Waals surface area contributed by atoms with Gasteiger partial charge in [-0.05, 0) is 65.9 Å². The van der Waals surface area contributed by atoms with Gasteiger partial charge in [-0.15, -0.1) is 0 Å². The van der Waals surface area contributed by atoms with Crippen molar-refractivity contribution < 1.29 is 28.7 Å². The lowest BCUT2D eigenvalue weighted by Crippen LogP contribution is -2.47. The highest BCUT2D eigenvalue weighted by Crippen LogP contribution is 2.59. The number of amides is 4. The highest BCUT2D eigenvalue weighted by molar-refractivity contribution is 9.10. The molecule has 2 fully saturated rings. The molecule has 4 aromatic rings. The van der Waals surface area contributed by atoms with E-state index in [-0.39, 0.29) is 68.0 Å². The van der Waals surface area contributed by atoms with Crippen LogP contribution in [-0.2, 0) is 37.1 Å². The molecule has 2 bridgehead atoms. The van der Waals surface area contributed by atoms with Crippen LogP contribution in [-0.4, -0.2) is 90.3 Å². The van der Waals surface area contributed by atoms with Crippen LogP contribution < -0.4 is 16.0 Å². The average Bonchev–Trinajstić information content (AvgIpc) is 3.54. The maximum Gasteiger partial charge on any atom is 0.248 e. The fraction of sp³-hybridized carbons (Fsp3) is 0.378. The van der Waals surface area contributed by atoms with Crippen molar-refractivity contribution in [1.29, 1.82) is 0 Å². The largest absolute Gasteiger partial charge is 0.373 e. The van der Waals surface area contributed by atoms with E-state index in [1.54, 1.807) is 54.6 Å². The number of hydrogen-bond donors (Lipinski definition) is 3. The van der Waals surface area contributed by atoms with Gasteiger partial charge in [0.2, 0.25) is 23.6 Å². The smallest absolute Gasteiger partial charge is 0.248 e.